The van der Waals surface area contributed by atoms with E-state index in [4.69, 9.17) is 0 Å². The van der Waals surface area contributed by atoms with Gasteiger partial charge in [0.05, 0.1) is 5.52 Å². The number of anilines is 1. The van der Waals surface area contributed by atoms with Crippen LogP contribution >= 0.6 is 15.9 Å². The zero-order chi connectivity index (χ0) is 30.8. The Balaban J connectivity index is 1.31. The number of hydrogen-bond acceptors (Lipinski definition) is 6. The number of halogens is 3. The number of piperidine rings is 1. The number of nitrogens with zero attached hydrogens (tertiary/aromatic N) is 5. The van der Waals surface area contributed by atoms with Gasteiger partial charge >= 0.3 is 0 Å². The Labute approximate surface area is 254 Å². The summed E-state index contributed by atoms with van der Waals surface area (Å²) in [6.07, 6.45) is 6.09. The molecule has 222 valence electrons. The quantitative estimate of drug-likeness (QED) is 0.203. The molecule has 3 atom stereocenters. The molecule has 0 radical (unpaired) electrons. The van der Waals surface area contributed by atoms with Gasteiger partial charge in [-0.25, -0.2) is 23.7 Å². The van der Waals surface area contributed by atoms with Crippen LogP contribution in [0.1, 0.15) is 54.0 Å². The van der Waals surface area contributed by atoms with E-state index in [0.717, 1.165) is 23.1 Å². The molecule has 2 aliphatic rings. The number of Topliss-reactive ketones (excluding diaryl/α,β-unsaturated/α-hetero) is 1. The van der Waals surface area contributed by atoms with Crippen LogP contribution in [0.4, 0.5) is 14.6 Å². The Morgan fingerprint density at radius 3 is 2.49 bits per heavy atom. The Kier molecular flexibility index (Phi) is 7.15. The number of aromatic nitrogens is 4. The Bertz CT molecular complexity index is 1820. The molecule has 0 bridgehead atoms. The van der Waals surface area contributed by atoms with E-state index in [2.05, 4.69) is 43.1 Å². The molecule has 9 nitrogen and oxygen atoms in total. The first-order valence-corrected chi connectivity index (χ1v) is 14.7. The molecule has 2 amide bonds. The standard InChI is InChI=1S/C31H29BrF2N6O3/c1-15-5-18(19-11-35-25(10-33)36-12-19)7-20-21(17(3)41)13-39(27(15)20)14-26(42)40-23(8-31(4)9-24(31)40)30(43)38-29-16(2)6-22(34)28(32)37-29/h5-7,11-13,23-24H,8-10,14H2,1-4H3,(H,37,38,43)/t23-,24+,31-/m0/s1. The van der Waals surface area contributed by atoms with Gasteiger partial charge in [-0.1, -0.05) is 6.92 Å². The van der Waals surface area contributed by atoms with Crippen LogP contribution in [-0.4, -0.2) is 54.1 Å². The van der Waals surface area contributed by atoms with E-state index in [1.54, 1.807) is 35.0 Å². The van der Waals surface area contributed by atoms with Crippen molar-refractivity contribution in [1.82, 2.24) is 24.4 Å². The van der Waals surface area contributed by atoms with Gasteiger partial charge < -0.3 is 14.8 Å². The number of aryl methyl sites for hydroxylation is 2. The third-order valence-electron chi connectivity index (χ3n) is 8.60. The van der Waals surface area contributed by atoms with Gasteiger partial charge in [-0.2, -0.15) is 0 Å². The molecule has 4 aromatic rings. The fourth-order valence-corrected chi connectivity index (χ4v) is 6.56. The van der Waals surface area contributed by atoms with Crippen LogP contribution in [0.3, 0.4) is 0 Å². The molecule has 4 heterocycles. The summed E-state index contributed by atoms with van der Waals surface area (Å²) in [6.45, 7) is 6.27. The second kappa shape index (κ2) is 10.6. The molecule has 3 aromatic heterocycles. The van der Waals surface area contributed by atoms with Gasteiger partial charge in [0.15, 0.2) is 17.4 Å². The Hall–Kier alpha value is -4.06. The minimum atomic E-state index is -0.760. The predicted octanol–water partition coefficient (Wildman–Crippen LogP) is 5.70. The number of rotatable bonds is 7. The highest BCUT2D eigenvalue weighted by molar-refractivity contribution is 9.10. The third kappa shape index (κ3) is 5.11. The zero-order valence-electron chi connectivity index (χ0n) is 24.0. The smallest absolute Gasteiger partial charge is 0.248 e. The highest BCUT2D eigenvalue weighted by atomic mass is 79.9. The number of amides is 2. The van der Waals surface area contributed by atoms with E-state index >= 15 is 0 Å². The maximum Gasteiger partial charge on any atom is 0.248 e. The van der Waals surface area contributed by atoms with Gasteiger partial charge in [0, 0.05) is 41.1 Å². The third-order valence-corrected chi connectivity index (χ3v) is 9.15. The number of carbonyl (C=O) groups is 3. The van der Waals surface area contributed by atoms with Crippen molar-refractivity contribution in [3.8, 4) is 11.1 Å². The van der Waals surface area contributed by atoms with Crippen LogP contribution < -0.4 is 5.32 Å². The van der Waals surface area contributed by atoms with Crippen molar-refractivity contribution in [2.24, 2.45) is 5.41 Å². The topological polar surface area (TPSA) is 110 Å². The van der Waals surface area contributed by atoms with Crippen LogP contribution in [0, 0.1) is 25.1 Å². The molecule has 0 spiro atoms. The normalized spacial score (nSPS) is 20.8. The molecule has 0 unspecified atom stereocenters. The van der Waals surface area contributed by atoms with E-state index in [0.29, 0.717) is 28.5 Å². The van der Waals surface area contributed by atoms with Crippen LogP contribution in [0.2, 0.25) is 0 Å². The SMILES string of the molecule is CC(=O)c1cn(CC(=O)N2[C@H](C(=O)Nc3nc(Br)c(F)cc3C)C[C@@]3(C)C[C@@H]23)c2c(C)cc(-c3cnc(CF)nc3)cc12. The van der Waals surface area contributed by atoms with Gasteiger partial charge in [-0.15, -0.1) is 0 Å². The van der Waals surface area contributed by atoms with E-state index < -0.39 is 18.5 Å². The molecule has 1 aliphatic carbocycles. The monoisotopic (exact) mass is 650 g/mol. The number of hydrogen-bond donors (Lipinski definition) is 1. The number of fused-ring (bicyclic) bond motifs is 2. The maximum atomic E-state index is 13.9. The molecule has 6 rings (SSSR count). The van der Waals surface area contributed by atoms with Crippen molar-refractivity contribution < 1.29 is 23.2 Å². The number of carbonyl (C=O) groups excluding carboxylic acids is 3. The van der Waals surface area contributed by atoms with Crippen LogP contribution in [0.25, 0.3) is 22.0 Å². The Morgan fingerprint density at radius 2 is 1.81 bits per heavy atom. The molecule has 2 fully saturated rings. The number of ketones is 1. The Morgan fingerprint density at radius 1 is 1.09 bits per heavy atom. The lowest BCUT2D eigenvalue weighted by molar-refractivity contribution is -0.138. The molecular formula is C31H29BrF2N6O3. The lowest BCUT2D eigenvalue weighted by Gasteiger charge is -2.27. The number of alkyl halides is 1. The van der Waals surface area contributed by atoms with Crippen molar-refractivity contribution >= 4 is 50.2 Å². The highest BCUT2D eigenvalue weighted by Gasteiger charge is 2.64. The van der Waals surface area contributed by atoms with E-state index in [1.165, 1.54) is 13.0 Å². The first-order valence-electron chi connectivity index (χ1n) is 13.9. The van der Waals surface area contributed by atoms with Gasteiger partial charge in [0.1, 0.15) is 29.7 Å². The number of pyridine rings is 1. The molecule has 1 saturated heterocycles. The van der Waals surface area contributed by atoms with Crippen molar-refractivity contribution in [3.63, 3.8) is 0 Å². The van der Waals surface area contributed by atoms with Gasteiger partial charge in [0.2, 0.25) is 11.8 Å². The fraction of sp³-hybridized carbons (Fsp3) is 0.355. The molecule has 1 aliphatic heterocycles. The summed E-state index contributed by atoms with van der Waals surface area (Å²) in [5, 5.41) is 3.47. The summed E-state index contributed by atoms with van der Waals surface area (Å²) < 4.78 is 28.6. The second-order valence-corrected chi connectivity index (χ2v) is 12.5. The maximum absolute atomic E-state index is 13.9. The minimum absolute atomic E-state index is 0.00819. The average molecular weight is 652 g/mol. The summed E-state index contributed by atoms with van der Waals surface area (Å²) in [5.74, 6) is -0.973. The number of nitrogens with one attached hydrogen (secondary N) is 1. The lowest BCUT2D eigenvalue weighted by atomic mass is 10.0. The molecule has 43 heavy (non-hydrogen) atoms. The van der Waals surface area contributed by atoms with E-state index in [-0.39, 0.29) is 51.8 Å². The van der Waals surface area contributed by atoms with Gasteiger partial charge in [-0.05, 0) is 89.8 Å². The van der Waals surface area contributed by atoms with Crippen molar-refractivity contribution in [3.05, 3.63) is 69.7 Å². The molecule has 12 heteroatoms. The summed E-state index contributed by atoms with van der Waals surface area (Å²) in [4.78, 5) is 54.0. The summed E-state index contributed by atoms with van der Waals surface area (Å²) >= 11 is 3.06. The van der Waals surface area contributed by atoms with E-state index in [9.17, 15) is 23.2 Å². The van der Waals surface area contributed by atoms with Crippen LogP contribution in [-0.2, 0) is 22.8 Å². The second-order valence-electron chi connectivity index (χ2n) is 11.7. The van der Waals surface area contributed by atoms with Gasteiger partial charge in [-0.3, -0.25) is 14.4 Å². The summed E-state index contributed by atoms with van der Waals surface area (Å²) in [5.41, 5.74) is 3.79. The van der Waals surface area contributed by atoms with E-state index in [1.807, 2.05) is 19.1 Å². The average Bonchev–Trinajstić information content (AvgIpc) is 3.32. The zero-order valence-corrected chi connectivity index (χ0v) is 25.6. The first-order chi connectivity index (χ1) is 20.4. The summed E-state index contributed by atoms with van der Waals surface area (Å²) in [7, 11) is 0. The van der Waals surface area contributed by atoms with Crippen molar-refractivity contribution in [2.45, 2.75) is 65.8 Å². The molecule has 1 saturated carbocycles. The largest absolute Gasteiger partial charge is 0.337 e. The molecular weight excluding hydrogens is 622 g/mol. The van der Waals surface area contributed by atoms with Crippen molar-refractivity contribution in [1.29, 1.82) is 0 Å². The first kappa shape index (κ1) is 29.0. The predicted molar refractivity (Wildman–Crippen MR) is 160 cm³/mol. The highest BCUT2D eigenvalue weighted by Crippen LogP contribution is 2.59. The van der Waals surface area contributed by atoms with Crippen LogP contribution in [0.5, 0.6) is 0 Å². The van der Waals surface area contributed by atoms with Crippen LogP contribution in [0.15, 0.2) is 41.4 Å². The fourth-order valence-electron chi connectivity index (χ4n) is 6.27. The summed E-state index contributed by atoms with van der Waals surface area (Å²) in [6, 6.07) is 4.27. The lowest BCUT2D eigenvalue weighted by Crippen LogP contribution is -2.46. The minimum Gasteiger partial charge on any atom is -0.337 e. The molecule has 1 N–H and O–H groups in total. The van der Waals surface area contributed by atoms with Gasteiger partial charge in [0.25, 0.3) is 0 Å². The number of benzene rings is 1. The van der Waals surface area contributed by atoms with Crippen molar-refractivity contribution in [2.75, 3.05) is 5.32 Å². The molecule has 1 aromatic carbocycles. The number of likely N-dealkylation sites (tertiary alicyclic amines) is 1.